The molecule has 1 unspecified atom stereocenters. The highest BCUT2D eigenvalue weighted by atomic mass is 15.2. The van der Waals surface area contributed by atoms with Crippen molar-refractivity contribution in [2.24, 2.45) is 5.73 Å². The number of aromatic nitrogens is 1. The first-order valence-electron chi connectivity index (χ1n) is 5.67. The van der Waals surface area contributed by atoms with E-state index in [1.165, 1.54) is 5.56 Å². The molecule has 0 aromatic carbocycles. The molecular formula is C12H21N3. The Labute approximate surface area is 92.3 Å². The molecule has 84 valence electrons. The Bertz CT molecular complexity index is 261. The van der Waals surface area contributed by atoms with Crippen LogP contribution in [0.5, 0.6) is 0 Å². The lowest BCUT2D eigenvalue weighted by molar-refractivity contribution is 0.212. The Hall–Kier alpha value is -0.930. The molecule has 15 heavy (non-hydrogen) atoms. The van der Waals surface area contributed by atoms with Gasteiger partial charge in [0.05, 0.1) is 0 Å². The van der Waals surface area contributed by atoms with E-state index < -0.39 is 0 Å². The highest BCUT2D eigenvalue weighted by Gasteiger charge is 2.16. The van der Waals surface area contributed by atoms with Gasteiger partial charge in [-0.15, -0.1) is 0 Å². The monoisotopic (exact) mass is 207 g/mol. The minimum absolute atomic E-state index is 0.309. The van der Waals surface area contributed by atoms with Crippen molar-refractivity contribution in [1.29, 1.82) is 0 Å². The van der Waals surface area contributed by atoms with Crippen LogP contribution in [0.3, 0.4) is 0 Å². The third-order valence-corrected chi connectivity index (χ3v) is 2.65. The van der Waals surface area contributed by atoms with Crippen LogP contribution in [-0.4, -0.2) is 29.5 Å². The van der Waals surface area contributed by atoms with Crippen LogP contribution >= 0.6 is 0 Å². The van der Waals surface area contributed by atoms with E-state index in [4.69, 9.17) is 5.73 Å². The van der Waals surface area contributed by atoms with Gasteiger partial charge in [0.15, 0.2) is 0 Å². The third kappa shape index (κ3) is 3.29. The molecule has 0 radical (unpaired) electrons. The van der Waals surface area contributed by atoms with Crippen LogP contribution in [0.25, 0.3) is 0 Å². The Morgan fingerprint density at radius 2 is 2.27 bits per heavy atom. The van der Waals surface area contributed by atoms with Gasteiger partial charge in [-0.1, -0.05) is 19.9 Å². The summed E-state index contributed by atoms with van der Waals surface area (Å²) in [4.78, 5) is 6.55. The molecule has 1 aromatic heterocycles. The highest BCUT2D eigenvalue weighted by molar-refractivity contribution is 5.14. The summed E-state index contributed by atoms with van der Waals surface area (Å²) in [7, 11) is 0. The van der Waals surface area contributed by atoms with E-state index in [2.05, 4.69) is 29.8 Å². The van der Waals surface area contributed by atoms with E-state index in [1.807, 2.05) is 12.3 Å². The molecule has 0 spiro atoms. The highest BCUT2D eigenvalue weighted by Crippen LogP contribution is 2.18. The Balaban J connectivity index is 2.77. The molecule has 0 fully saturated rings. The van der Waals surface area contributed by atoms with E-state index in [0.717, 1.165) is 19.5 Å². The van der Waals surface area contributed by atoms with Gasteiger partial charge in [0.2, 0.25) is 0 Å². The zero-order chi connectivity index (χ0) is 11.1. The van der Waals surface area contributed by atoms with Gasteiger partial charge < -0.3 is 5.73 Å². The lowest BCUT2D eigenvalue weighted by Gasteiger charge is -2.29. The van der Waals surface area contributed by atoms with Crippen molar-refractivity contribution in [3.63, 3.8) is 0 Å². The summed E-state index contributed by atoms with van der Waals surface area (Å²) >= 11 is 0. The van der Waals surface area contributed by atoms with Gasteiger partial charge >= 0.3 is 0 Å². The molecule has 0 aliphatic rings. The zero-order valence-corrected chi connectivity index (χ0v) is 9.69. The number of likely N-dealkylation sites (N-methyl/N-ethyl adjacent to an activating group) is 1. The first-order chi connectivity index (χ1) is 7.33. The Kier molecular flexibility index (Phi) is 5.29. The van der Waals surface area contributed by atoms with Crippen LogP contribution in [0, 0.1) is 0 Å². The van der Waals surface area contributed by atoms with E-state index in [1.54, 1.807) is 6.20 Å². The van der Waals surface area contributed by atoms with Crippen molar-refractivity contribution in [2.75, 3.05) is 19.6 Å². The molecule has 2 N–H and O–H groups in total. The fraction of sp³-hybridized carbons (Fsp3) is 0.583. The lowest BCUT2D eigenvalue weighted by atomic mass is 10.1. The van der Waals surface area contributed by atoms with Crippen molar-refractivity contribution in [3.8, 4) is 0 Å². The van der Waals surface area contributed by atoms with Gasteiger partial charge in [-0.25, -0.2) is 0 Å². The summed E-state index contributed by atoms with van der Waals surface area (Å²) in [6, 6.07) is 4.38. The molecule has 0 saturated heterocycles. The van der Waals surface area contributed by atoms with Crippen LogP contribution < -0.4 is 5.73 Å². The van der Waals surface area contributed by atoms with Gasteiger partial charge in [-0.3, -0.25) is 9.88 Å². The van der Waals surface area contributed by atoms with Crippen molar-refractivity contribution >= 4 is 0 Å². The molecule has 3 heteroatoms. The predicted molar refractivity (Wildman–Crippen MR) is 63.6 cm³/mol. The van der Waals surface area contributed by atoms with Crippen LogP contribution in [0.4, 0.5) is 0 Å². The minimum Gasteiger partial charge on any atom is -0.329 e. The van der Waals surface area contributed by atoms with Crippen molar-refractivity contribution in [3.05, 3.63) is 30.1 Å². The number of rotatable bonds is 6. The number of nitrogens with zero attached hydrogens (tertiary/aromatic N) is 2. The second-order valence-electron chi connectivity index (χ2n) is 3.67. The average Bonchev–Trinajstić information content (AvgIpc) is 2.30. The summed E-state index contributed by atoms with van der Waals surface area (Å²) in [6.45, 7) is 7.14. The SMILES string of the molecule is CCCN(CC)C(CN)c1cccnc1. The quantitative estimate of drug-likeness (QED) is 0.773. The largest absolute Gasteiger partial charge is 0.329 e. The zero-order valence-electron chi connectivity index (χ0n) is 9.69. The second-order valence-corrected chi connectivity index (χ2v) is 3.67. The van der Waals surface area contributed by atoms with Gasteiger partial charge in [-0.2, -0.15) is 0 Å². The number of hydrogen-bond acceptors (Lipinski definition) is 3. The fourth-order valence-corrected chi connectivity index (χ4v) is 1.89. The van der Waals surface area contributed by atoms with Gasteiger partial charge in [0, 0.05) is 25.0 Å². The van der Waals surface area contributed by atoms with Gasteiger partial charge in [0.25, 0.3) is 0 Å². The molecule has 3 nitrogen and oxygen atoms in total. The van der Waals surface area contributed by atoms with E-state index in [9.17, 15) is 0 Å². The summed E-state index contributed by atoms with van der Waals surface area (Å²) < 4.78 is 0. The van der Waals surface area contributed by atoms with Crippen LogP contribution in [-0.2, 0) is 0 Å². The second kappa shape index (κ2) is 6.53. The summed E-state index contributed by atoms with van der Waals surface area (Å²) in [5, 5.41) is 0. The first-order valence-corrected chi connectivity index (χ1v) is 5.67. The Morgan fingerprint density at radius 3 is 2.73 bits per heavy atom. The first kappa shape index (κ1) is 12.1. The summed E-state index contributed by atoms with van der Waals surface area (Å²) in [6.07, 6.45) is 4.87. The maximum Gasteiger partial charge on any atom is 0.0485 e. The maximum absolute atomic E-state index is 5.84. The number of nitrogens with two attached hydrogens (primary N) is 1. The molecule has 1 heterocycles. The topological polar surface area (TPSA) is 42.1 Å². The molecule has 0 aliphatic heterocycles. The normalized spacial score (nSPS) is 13.1. The van der Waals surface area contributed by atoms with Crippen molar-refractivity contribution in [2.45, 2.75) is 26.3 Å². The predicted octanol–water partition coefficient (Wildman–Crippen LogP) is 1.81. The van der Waals surface area contributed by atoms with Crippen LogP contribution in [0.15, 0.2) is 24.5 Å². The molecule has 1 aromatic rings. The molecule has 0 aliphatic carbocycles. The lowest BCUT2D eigenvalue weighted by Crippen LogP contribution is -2.34. The third-order valence-electron chi connectivity index (χ3n) is 2.65. The number of hydrogen-bond donors (Lipinski definition) is 1. The molecule has 0 amide bonds. The van der Waals surface area contributed by atoms with Crippen LogP contribution in [0.1, 0.15) is 31.9 Å². The molecule has 0 saturated carbocycles. The molecule has 1 rings (SSSR count). The summed E-state index contributed by atoms with van der Waals surface area (Å²) in [5.74, 6) is 0. The standard InChI is InChI=1S/C12H21N3/c1-3-8-15(4-2)12(9-13)11-6-5-7-14-10-11/h5-7,10,12H,3-4,8-9,13H2,1-2H3. The Morgan fingerprint density at radius 1 is 1.47 bits per heavy atom. The van der Waals surface area contributed by atoms with Crippen molar-refractivity contribution < 1.29 is 0 Å². The van der Waals surface area contributed by atoms with Gasteiger partial charge in [-0.05, 0) is 31.1 Å². The number of pyridine rings is 1. The molecular weight excluding hydrogens is 186 g/mol. The molecule has 1 atom stereocenters. The van der Waals surface area contributed by atoms with Crippen LogP contribution in [0.2, 0.25) is 0 Å². The maximum atomic E-state index is 5.84. The van der Waals surface area contributed by atoms with Crippen molar-refractivity contribution in [1.82, 2.24) is 9.88 Å². The minimum atomic E-state index is 0.309. The van der Waals surface area contributed by atoms with E-state index >= 15 is 0 Å². The van der Waals surface area contributed by atoms with E-state index in [0.29, 0.717) is 12.6 Å². The average molecular weight is 207 g/mol. The fourth-order valence-electron chi connectivity index (χ4n) is 1.89. The van der Waals surface area contributed by atoms with E-state index in [-0.39, 0.29) is 0 Å². The smallest absolute Gasteiger partial charge is 0.0485 e. The molecule has 0 bridgehead atoms. The van der Waals surface area contributed by atoms with Gasteiger partial charge in [0.1, 0.15) is 0 Å². The summed E-state index contributed by atoms with van der Waals surface area (Å²) in [5.41, 5.74) is 7.06.